The topological polar surface area (TPSA) is 24.5 Å². The van der Waals surface area contributed by atoms with Gasteiger partial charge in [-0.15, -0.1) is 0 Å². The Morgan fingerprint density at radius 2 is 1.88 bits per heavy atom. The average Bonchev–Trinajstić information content (AvgIpc) is 2.30. The van der Waals surface area contributed by atoms with E-state index < -0.39 is 0 Å². The molecule has 0 unspecified atom stereocenters. The van der Waals surface area contributed by atoms with Crippen molar-refractivity contribution < 1.29 is 9.13 Å². The van der Waals surface area contributed by atoms with E-state index in [4.69, 9.17) is 4.74 Å². The van der Waals surface area contributed by atoms with Gasteiger partial charge in [0.15, 0.2) is 0 Å². The first-order valence-electron chi connectivity index (χ1n) is 5.86. The van der Waals surface area contributed by atoms with Crippen molar-refractivity contribution in [2.24, 2.45) is 0 Å². The van der Waals surface area contributed by atoms with Gasteiger partial charge >= 0.3 is 0 Å². The molecule has 0 bridgehead atoms. The van der Waals surface area contributed by atoms with Crippen LogP contribution in [-0.2, 0) is 11.3 Å². The van der Waals surface area contributed by atoms with Gasteiger partial charge in [-0.2, -0.15) is 0 Å². The highest BCUT2D eigenvalue weighted by Gasteiger charge is 1.94. The number of likely N-dealkylation sites (N-methyl/N-ethyl adjacent to an activating group) is 1. The molecule has 1 N–H and O–H groups in total. The monoisotopic (exact) mass is 240 g/mol. The molecule has 0 aliphatic carbocycles. The van der Waals surface area contributed by atoms with Crippen LogP contribution >= 0.6 is 0 Å². The molecule has 17 heavy (non-hydrogen) atoms. The Kier molecular flexibility index (Phi) is 6.77. The third kappa shape index (κ3) is 7.05. The first kappa shape index (κ1) is 14.1. The van der Waals surface area contributed by atoms with Gasteiger partial charge in [-0.05, 0) is 31.8 Å². The highest BCUT2D eigenvalue weighted by Crippen LogP contribution is 2.01. The minimum Gasteiger partial charge on any atom is -0.379 e. The zero-order valence-corrected chi connectivity index (χ0v) is 10.6. The van der Waals surface area contributed by atoms with Crippen molar-refractivity contribution in [3.8, 4) is 0 Å². The third-order valence-corrected chi connectivity index (χ3v) is 2.35. The average molecular weight is 240 g/mol. The number of halogens is 1. The molecule has 1 aromatic rings. The van der Waals surface area contributed by atoms with E-state index in [0.29, 0.717) is 6.61 Å². The van der Waals surface area contributed by atoms with Crippen LogP contribution in [0.2, 0.25) is 0 Å². The normalized spacial score (nSPS) is 11.1. The minimum atomic E-state index is -0.194. The Labute approximate surface area is 103 Å². The van der Waals surface area contributed by atoms with Gasteiger partial charge in [0.2, 0.25) is 0 Å². The lowest BCUT2D eigenvalue weighted by molar-refractivity contribution is 0.119. The molecule has 0 radical (unpaired) electrons. The molecule has 3 nitrogen and oxygen atoms in total. The van der Waals surface area contributed by atoms with Crippen LogP contribution in [0.5, 0.6) is 0 Å². The van der Waals surface area contributed by atoms with Crippen molar-refractivity contribution in [1.29, 1.82) is 0 Å². The number of nitrogens with zero attached hydrogens (tertiary/aromatic N) is 1. The molecule has 0 aliphatic heterocycles. The van der Waals surface area contributed by atoms with Crippen molar-refractivity contribution >= 4 is 0 Å². The standard InChI is InChI=1S/C13H21FN2O/c1-16(2)8-10-17-9-7-15-11-12-3-5-13(14)6-4-12/h3-6,15H,7-11H2,1-2H3. The lowest BCUT2D eigenvalue weighted by Gasteiger charge is -2.10. The summed E-state index contributed by atoms with van der Waals surface area (Å²) in [4.78, 5) is 2.09. The Morgan fingerprint density at radius 1 is 1.18 bits per heavy atom. The van der Waals surface area contributed by atoms with Crippen LogP contribution in [0.25, 0.3) is 0 Å². The lowest BCUT2D eigenvalue weighted by Crippen LogP contribution is -2.23. The van der Waals surface area contributed by atoms with Gasteiger partial charge < -0.3 is 15.0 Å². The molecular weight excluding hydrogens is 219 g/mol. The fourth-order valence-electron chi connectivity index (χ4n) is 1.33. The third-order valence-electron chi connectivity index (χ3n) is 2.35. The Balaban J connectivity index is 1.99. The van der Waals surface area contributed by atoms with Gasteiger partial charge in [-0.1, -0.05) is 12.1 Å². The van der Waals surface area contributed by atoms with Crippen molar-refractivity contribution in [1.82, 2.24) is 10.2 Å². The van der Waals surface area contributed by atoms with Crippen molar-refractivity contribution in [3.05, 3.63) is 35.6 Å². The quantitative estimate of drug-likeness (QED) is 0.697. The molecule has 1 aromatic carbocycles. The maximum Gasteiger partial charge on any atom is 0.123 e. The predicted molar refractivity (Wildman–Crippen MR) is 67.5 cm³/mol. The van der Waals surface area contributed by atoms with Crippen LogP contribution in [0.1, 0.15) is 5.56 Å². The molecule has 0 heterocycles. The molecule has 0 amide bonds. The van der Waals surface area contributed by atoms with Crippen LogP contribution in [0, 0.1) is 5.82 Å². The van der Waals surface area contributed by atoms with Gasteiger partial charge in [0.05, 0.1) is 13.2 Å². The maximum absolute atomic E-state index is 12.6. The zero-order valence-electron chi connectivity index (χ0n) is 10.6. The summed E-state index contributed by atoms with van der Waals surface area (Å²) >= 11 is 0. The van der Waals surface area contributed by atoms with E-state index in [1.165, 1.54) is 12.1 Å². The molecule has 0 spiro atoms. The number of hydrogen-bond acceptors (Lipinski definition) is 3. The van der Waals surface area contributed by atoms with Crippen LogP contribution in [0.15, 0.2) is 24.3 Å². The Hall–Kier alpha value is -0.970. The van der Waals surface area contributed by atoms with Crippen LogP contribution in [0.4, 0.5) is 4.39 Å². The zero-order chi connectivity index (χ0) is 12.5. The second-order valence-electron chi connectivity index (χ2n) is 4.22. The molecule has 1 rings (SSSR count). The summed E-state index contributed by atoms with van der Waals surface area (Å²) < 4.78 is 18.1. The van der Waals surface area contributed by atoms with E-state index >= 15 is 0 Å². The van der Waals surface area contributed by atoms with Crippen molar-refractivity contribution in [2.75, 3.05) is 40.4 Å². The molecule has 4 heteroatoms. The fourth-order valence-corrected chi connectivity index (χ4v) is 1.33. The van der Waals surface area contributed by atoms with E-state index in [9.17, 15) is 4.39 Å². The van der Waals surface area contributed by atoms with Crippen LogP contribution < -0.4 is 5.32 Å². The van der Waals surface area contributed by atoms with E-state index in [1.807, 2.05) is 14.1 Å². The first-order chi connectivity index (χ1) is 8.18. The Morgan fingerprint density at radius 3 is 2.53 bits per heavy atom. The van der Waals surface area contributed by atoms with E-state index in [-0.39, 0.29) is 5.82 Å². The number of rotatable bonds is 8. The highest BCUT2D eigenvalue weighted by molar-refractivity contribution is 5.15. The summed E-state index contributed by atoms with van der Waals surface area (Å²) in [6.45, 7) is 3.96. The summed E-state index contributed by atoms with van der Waals surface area (Å²) in [7, 11) is 4.05. The molecule has 0 fully saturated rings. The molecule has 0 atom stereocenters. The number of ether oxygens (including phenoxy) is 1. The fraction of sp³-hybridized carbons (Fsp3) is 0.538. The van der Waals surface area contributed by atoms with Gasteiger partial charge in [0, 0.05) is 19.6 Å². The SMILES string of the molecule is CN(C)CCOCCNCc1ccc(F)cc1. The number of benzene rings is 1. The molecule has 0 saturated carbocycles. The first-order valence-corrected chi connectivity index (χ1v) is 5.86. The van der Waals surface area contributed by atoms with Crippen molar-refractivity contribution in [2.45, 2.75) is 6.54 Å². The van der Waals surface area contributed by atoms with Gasteiger partial charge in [0.1, 0.15) is 5.82 Å². The number of hydrogen-bond donors (Lipinski definition) is 1. The second-order valence-corrected chi connectivity index (χ2v) is 4.22. The summed E-state index contributed by atoms with van der Waals surface area (Å²) in [5, 5.41) is 3.25. The van der Waals surface area contributed by atoms with E-state index in [2.05, 4.69) is 10.2 Å². The smallest absolute Gasteiger partial charge is 0.123 e. The summed E-state index contributed by atoms with van der Waals surface area (Å²) in [6.07, 6.45) is 0. The molecule has 0 aliphatic rings. The summed E-state index contributed by atoms with van der Waals surface area (Å²) in [5.74, 6) is -0.194. The van der Waals surface area contributed by atoms with Crippen LogP contribution in [-0.4, -0.2) is 45.3 Å². The lowest BCUT2D eigenvalue weighted by atomic mass is 10.2. The molecule has 0 saturated heterocycles. The number of nitrogens with one attached hydrogen (secondary N) is 1. The molecular formula is C13H21FN2O. The molecule has 96 valence electrons. The molecule has 0 aromatic heterocycles. The van der Waals surface area contributed by atoms with E-state index in [0.717, 1.165) is 31.8 Å². The van der Waals surface area contributed by atoms with Gasteiger partial charge in [-0.3, -0.25) is 0 Å². The van der Waals surface area contributed by atoms with Crippen molar-refractivity contribution in [3.63, 3.8) is 0 Å². The van der Waals surface area contributed by atoms with E-state index in [1.54, 1.807) is 12.1 Å². The van der Waals surface area contributed by atoms with Gasteiger partial charge in [0.25, 0.3) is 0 Å². The summed E-state index contributed by atoms with van der Waals surface area (Å²) in [5.41, 5.74) is 1.08. The van der Waals surface area contributed by atoms with Gasteiger partial charge in [-0.25, -0.2) is 4.39 Å². The minimum absolute atomic E-state index is 0.194. The van der Waals surface area contributed by atoms with Crippen LogP contribution in [0.3, 0.4) is 0 Å². The second kappa shape index (κ2) is 8.17. The Bertz CT molecular complexity index is 301. The summed E-state index contributed by atoms with van der Waals surface area (Å²) in [6, 6.07) is 6.53. The largest absolute Gasteiger partial charge is 0.379 e. The predicted octanol–water partition coefficient (Wildman–Crippen LogP) is 1.49. The maximum atomic E-state index is 12.6. The highest BCUT2D eigenvalue weighted by atomic mass is 19.1.